The molecule has 1 aliphatic rings. The molecule has 29 heavy (non-hydrogen) atoms. The molecule has 2 N–H and O–H groups in total. The van der Waals surface area contributed by atoms with Gasteiger partial charge in [-0.3, -0.25) is 0 Å². The number of nitrogens with zero attached hydrogens (tertiary/aromatic N) is 5. The Labute approximate surface area is 174 Å². The molecule has 154 valence electrons. The maximum atomic E-state index is 12.6. The van der Waals surface area contributed by atoms with E-state index >= 15 is 0 Å². The molecule has 1 fully saturated rings. The predicted octanol–water partition coefficient (Wildman–Crippen LogP) is 2.17. The highest BCUT2D eigenvalue weighted by Gasteiger charge is 2.19. The van der Waals surface area contributed by atoms with Gasteiger partial charge in [0.05, 0.1) is 11.7 Å². The van der Waals surface area contributed by atoms with Crippen molar-refractivity contribution in [3.8, 4) is 0 Å². The van der Waals surface area contributed by atoms with Crippen LogP contribution in [0.25, 0.3) is 11.0 Å². The van der Waals surface area contributed by atoms with Gasteiger partial charge in [0.15, 0.2) is 0 Å². The summed E-state index contributed by atoms with van der Waals surface area (Å²) < 4.78 is 36.1. The van der Waals surface area contributed by atoms with Gasteiger partial charge in [-0.1, -0.05) is 6.07 Å². The van der Waals surface area contributed by atoms with E-state index in [9.17, 15) is 8.42 Å². The third-order valence-corrected chi connectivity index (χ3v) is 6.80. The van der Waals surface area contributed by atoms with Crippen molar-refractivity contribution >= 4 is 44.4 Å². The summed E-state index contributed by atoms with van der Waals surface area (Å²) in [4.78, 5) is 11.4. The van der Waals surface area contributed by atoms with E-state index in [4.69, 9.17) is 0 Å². The van der Waals surface area contributed by atoms with Gasteiger partial charge in [0, 0.05) is 32.2 Å². The van der Waals surface area contributed by atoms with Gasteiger partial charge >= 0.3 is 0 Å². The van der Waals surface area contributed by atoms with Crippen LogP contribution in [0.3, 0.4) is 0 Å². The zero-order valence-electron chi connectivity index (χ0n) is 16.1. The van der Waals surface area contributed by atoms with Crippen LogP contribution < -0.4 is 14.9 Å². The van der Waals surface area contributed by atoms with Gasteiger partial charge in [0.25, 0.3) is 0 Å². The molecule has 0 unspecified atom stereocenters. The number of anilines is 2. The largest absolute Gasteiger partial charge is 0.369 e. The molecule has 0 spiro atoms. The Morgan fingerprint density at radius 1 is 1.10 bits per heavy atom. The zero-order chi connectivity index (χ0) is 20.3. The molecule has 0 saturated carbocycles. The van der Waals surface area contributed by atoms with Crippen molar-refractivity contribution in [2.24, 2.45) is 0 Å². The van der Waals surface area contributed by atoms with Crippen LogP contribution in [0.4, 0.5) is 11.6 Å². The van der Waals surface area contributed by atoms with Crippen molar-refractivity contribution in [3.63, 3.8) is 0 Å². The van der Waals surface area contributed by atoms with Crippen LogP contribution in [0, 0.1) is 6.92 Å². The summed E-state index contributed by atoms with van der Waals surface area (Å²) in [7, 11) is -3.67. The lowest BCUT2D eigenvalue weighted by molar-refractivity contribution is 0.572. The van der Waals surface area contributed by atoms with E-state index in [1.165, 1.54) is 25.3 Å². The van der Waals surface area contributed by atoms with Crippen LogP contribution in [-0.4, -0.2) is 53.3 Å². The summed E-state index contributed by atoms with van der Waals surface area (Å²) in [6.07, 6.45) is 3.61. The number of rotatable bonds is 7. The highest BCUT2D eigenvalue weighted by atomic mass is 32.2. The Bertz CT molecular complexity index is 1090. The highest BCUT2D eigenvalue weighted by Crippen LogP contribution is 2.21. The fourth-order valence-corrected chi connectivity index (χ4v) is 5.18. The number of aromatic nitrogens is 4. The average Bonchev–Trinajstić information content (AvgIpc) is 3.20. The minimum Gasteiger partial charge on any atom is -0.369 e. The van der Waals surface area contributed by atoms with Gasteiger partial charge in [-0.05, 0) is 38.3 Å². The van der Waals surface area contributed by atoms with Crippen LogP contribution in [0.2, 0.25) is 0 Å². The number of piperidine rings is 1. The van der Waals surface area contributed by atoms with Gasteiger partial charge < -0.3 is 10.2 Å². The summed E-state index contributed by atoms with van der Waals surface area (Å²) in [5, 5.41) is 3.19. The lowest BCUT2D eigenvalue weighted by Gasteiger charge is -2.28. The fraction of sp³-hybridized carbons (Fsp3) is 0.444. The maximum Gasteiger partial charge on any atom is 0.242 e. The molecule has 1 aromatic carbocycles. The quantitative estimate of drug-likeness (QED) is 0.545. The second-order valence-electron chi connectivity index (χ2n) is 6.92. The summed E-state index contributed by atoms with van der Waals surface area (Å²) in [6, 6.07) is 6.88. The first kappa shape index (κ1) is 19.9. The third-order valence-electron chi connectivity index (χ3n) is 4.77. The van der Waals surface area contributed by atoms with E-state index in [1.54, 1.807) is 12.1 Å². The van der Waals surface area contributed by atoms with E-state index in [1.807, 2.05) is 13.0 Å². The smallest absolute Gasteiger partial charge is 0.242 e. The minimum absolute atomic E-state index is 0.147. The Morgan fingerprint density at radius 2 is 1.93 bits per heavy atom. The fourth-order valence-electron chi connectivity index (χ4n) is 3.38. The van der Waals surface area contributed by atoms with Crippen molar-refractivity contribution in [1.29, 1.82) is 0 Å². The molecule has 3 aromatic rings. The Kier molecular flexibility index (Phi) is 5.88. The topological polar surface area (TPSA) is 113 Å². The molecule has 1 saturated heterocycles. The number of hydrogen-bond donors (Lipinski definition) is 2. The molecule has 0 atom stereocenters. The molecule has 0 radical (unpaired) electrons. The normalized spacial score (nSPS) is 15.0. The van der Waals surface area contributed by atoms with E-state index < -0.39 is 10.0 Å². The van der Waals surface area contributed by atoms with Crippen LogP contribution in [0.1, 0.15) is 25.1 Å². The molecule has 0 bridgehead atoms. The van der Waals surface area contributed by atoms with Gasteiger partial charge in [0.2, 0.25) is 10.0 Å². The molecular formula is C18H23N7O2S2. The summed E-state index contributed by atoms with van der Waals surface area (Å²) >= 11 is 1.00. The Balaban J connectivity index is 1.38. The molecule has 2 aromatic heterocycles. The number of fused-ring (bicyclic) bond motifs is 1. The third kappa shape index (κ3) is 4.62. The van der Waals surface area contributed by atoms with Gasteiger partial charge in [-0.15, -0.1) is 0 Å². The average molecular weight is 434 g/mol. The zero-order valence-corrected chi connectivity index (χ0v) is 17.8. The number of hydrogen-bond acceptors (Lipinski definition) is 9. The SMILES string of the molecule is Cc1nc(NCCNS(=O)(=O)c2cccc3nsnc23)cc(N2CCCCC2)n1. The van der Waals surface area contributed by atoms with Crippen LogP contribution >= 0.6 is 11.7 Å². The number of sulfonamides is 1. The standard InChI is InChI=1S/C18H23N7O2S2/c1-13-21-16(12-17(22-13)25-10-3-2-4-11-25)19-8-9-20-29(26,27)15-7-5-6-14-18(15)24-28-23-14/h5-7,12,20H,2-4,8-11H2,1H3,(H,19,21,22). The van der Waals surface area contributed by atoms with Gasteiger partial charge in [-0.2, -0.15) is 8.75 Å². The molecule has 0 amide bonds. The number of nitrogens with one attached hydrogen (secondary N) is 2. The Hall–Kier alpha value is -2.37. The number of aryl methyl sites for hydroxylation is 1. The van der Waals surface area contributed by atoms with E-state index in [0.29, 0.717) is 29.2 Å². The first-order valence-electron chi connectivity index (χ1n) is 9.58. The lowest BCUT2D eigenvalue weighted by atomic mass is 10.1. The number of benzene rings is 1. The highest BCUT2D eigenvalue weighted by molar-refractivity contribution is 7.89. The van der Waals surface area contributed by atoms with Crippen molar-refractivity contribution < 1.29 is 8.42 Å². The summed E-state index contributed by atoms with van der Waals surface area (Å²) in [5.74, 6) is 2.31. The van der Waals surface area contributed by atoms with Crippen LogP contribution in [0.5, 0.6) is 0 Å². The summed E-state index contributed by atoms with van der Waals surface area (Å²) in [5.41, 5.74) is 0.980. The molecule has 3 heterocycles. The molecule has 11 heteroatoms. The molecule has 9 nitrogen and oxygen atoms in total. The van der Waals surface area contributed by atoms with Gasteiger partial charge in [0.1, 0.15) is 33.4 Å². The molecule has 0 aliphatic carbocycles. The second-order valence-corrected chi connectivity index (χ2v) is 9.18. The van der Waals surface area contributed by atoms with Crippen molar-refractivity contribution in [2.45, 2.75) is 31.1 Å². The lowest BCUT2D eigenvalue weighted by Crippen LogP contribution is -2.31. The van der Waals surface area contributed by atoms with E-state index in [0.717, 1.165) is 30.6 Å². The van der Waals surface area contributed by atoms with Crippen LogP contribution in [-0.2, 0) is 10.0 Å². The van der Waals surface area contributed by atoms with E-state index in [-0.39, 0.29) is 11.4 Å². The summed E-state index contributed by atoms with van der Waals surface area (Å²) in [6.45, 7) is 4.50. The minimum atomic E-state index is -3.67. The predicted molar refractivity (Wildman–Crippen MR) is 114 cm³/mol. The van der Waals surface area contributed by atoms with Crippen molar-refractivity contribution in [2.75, 3.05) is 36.4 Å². The van der Waals surface area contributed by atoms with Crippen LogP contribution in [0.15, 0.2) is 29.2 Å². The maximum absolute atomic E-state index is 12.6. The molecule has 1 aliphatic heterocycles. The molecular weight excluding hydrogens is 410 g/mol. The first-order chi connectivity index (χ1) is 14.0. The van der Waals surface area contributed by atoms with Crippen molar-refractivity contribution in [1.82, 2.24) is 23.4 Å². The van der Waals surface area contributed by atoms with Gasteiger partial charge in [-0.25, -0.2) is 23.1 Å². The first-order valence-corrected chi connectivity index (χ1v) is 11.8. The molecule has 4 rings (SSSR count). The Morgan fingerprint density at radius 3 is 2.76 bits per heavy atom. The van der Waals surface area contributed by atoms with E-state index in [2.05, 4.69) is 33.7 Å². The second kappa shape index (κ2) is 8.56. The monoisotopic (exact) mass is 433 g/mol. The van der Waals surface area contributed by atoms with Crippen molar-refractivity contribution in [3.05, 3.63) is 30.1 Å².